The number of carbonyl (C=O) groups is 1. The van der Waals surface area contributed by atoms with Gasteiger partial charge in [-0.05, 0) is 26.2 Å². The molecule has 1 aliphatic carbocycles. The summed E-state index contributed by atoms with van der Waals surface area (Å²) in [6.07, 6.45) is 5.09. The number of esters is 1. The van der Waals surface area contributed by atoms with Crippen molar-refractivity contribution in [2.24, 2.45) is 11.7 Å². The Morgan fingerprint density at radius 1 is 1.35 bits per heavy atom. The van der Waals surface area contributed by atoms with Crippen LogP contribution in [-0.2, 0) is 14.3 Å². The second-order valence-corrected chi connectivity index (χ2v) is 5.57. The van der Waals surface area contributed by atoms with Crippen LogP contribution in [0.2, 0.25) is 0 Å². The van der Waals surface area contributed by atoms with Crippen LogP contribution < -0.4 is 5.73 Å². The molecule has 1 saturated heterocycles. The van der Waals surface area contributed by atoms with Gasteiger partial charge in [0.05, 0.1) is 12.2 Å². The minimum atomic E-state index is -0.434. The fourth-order valence-electron chi connectivity index (χ4n) is 2.50. The molecular formula is C13H23NO3. The Hall–Kier alpha value is -0.610. The minimum Gasteiger partial charge on any atom is -0.461 e. The average molecular weight is 241 g/mol. The summed E-state index contributed by atoms with van der Waals surface area (Å²) in [6.45, 7) is 4.03. The number of nitrogens with two attached hydrogens (primary N) is 1. The Morgan fingerprint density at radius 2 is 1.94 bits per heavy atom. The van der Waals surface area contributed by atoms with Gasteiger partial charge in [-0.25, -0.2) is 0 Å². The number of rotatable bonds is 4. The fourth-order valence-corrected chi connectivity index (χ4v) is 2.50. The van der Waals surface area contributed by atoms with E-state index in [1.165, 1.54) is 12.8 Å². The van der Waals surface area contributed by atoms with Gasteiger partial charge in [-0.15, -0.1) is 0 Å². The molecule has 17 heavy (non-hydrogen) atoms. The molecule has 4 nitrogen and oxygen atoms in total. The molecule has 2 aliphatic rings. The van der Waals surface area contributed by atoms with Gasteiger partial charge in [0.15, 0.2) is 0 Å². The van der Waals surface area contributed by atoms with Gasteiger partial charge in [0, 0.05) is 12.8 Å². The standard InChI is InChI=1S/C13H23NO3/c1-8-5-11(6-9(2)16-8)17-13(15)12(14)7-10-3-4-10/h8-12H,3-7,14H2,1-2H3. The number of hydrogen-bond donors (Lipinski definition) is 1. The first kappa shape index (κ1) is 12.8. The van der Waals surface area contributed by atoms with E-state index < -0.39 is 6.04 Å². The van der Waals surface area contributed by atoms with Crippen LogP contribution in [0.1, 0.15) is 46.0 Å². The van der Waals surface area contributed by atoms with Crippen molar-refractivity contribution in [1.82, 2.24) is 0 Å². The predicted molar refractivity (Wildman–Crippen MR) is 64.4 cm³/mol. The summed E-state index contributed by atoms with van der Waals surface area (Å²) in [5, 5.41) is 0. The van der Waals surface area contributed by atoms with Crippen LogP contribution in [0.25, 0.3) is 0 Å². The highest BCUT2D eigenvalue weighted by Gasteiger charge is 2.31. The maximum atomic E-state index is 11.8. The lowest BCUT2D eigenvalue weighted by Crippen LogP contribution is -2.40. The van der Waals surface area contributed by atoms with E-state index in [2.05, 4.69) is 0 Å². The maximum Gasteiger partial charge on any atom is 0.323 e. The van der Waals surface area contributed by atoms with Crippen LogP contribution in [-0.4, -0.2) is 30.3 Å². The van der Waals surface area contributed by atoms with Crippen molar-refractivity contribution in [2.75, 3.05) is 0 Å². The van der Waals surface area contributed by atoms with Crippen molar-refractivity contribution in [3.63, 3.8) is 0 Å². The molecule has 2 N–H and O–H groups in total. The first-order chi connectivity index (χ1) is 8.04. The Morgan fingerprint density at radius 3 is 2.47 bits per heavy atom. The summed E-state index contributed by atoms with van der Waals surface area (Å²) in [5.41, 5.74) is 5.84. The SMILES string of the molecule is CC1CC(OC(=O)C(N)CC2CC2)CC(C)O1. The van der Waals surface area contributed by atoms with Crippen molar-refractivity contribution in [3.05, 3.63) is 0 Å². The summed E-state index contributed by atoms with van der Waals surface area (Å²) in [5.74, 6) is 0.424. The molecule has 3 unspecified atom stereocenters. The maximum absolute atomic E-state index is 11.8. The third kappa shape index (κ3) is 3.96. The van der Waals surface area contributed by atoms with Gasteiger partial charge in [0.1, 0.15) is 12.1 Å². The van der Waals surface area contributed by atoms with Gasteiger partial charge >= 0.3 is 5.97 Å². The van der Waals surface area contributed by atoms with E-state index in [0.29, 0.717) is 5.92 Å². The zero-order chi connectivity index (χ0) is 12.4. The summed E-state index contributed by atoms with van der Waals surface area (Å²) >= 11 is 0. The lowest BCUT2D eigenvalue weighted by atomic mass is 10.0. The van der Waals surface area contributed by atoms with E-state index in [1.54, 1.807) is 0 Å². The largest absolute Gasteiger partial charge is 0.461 e. The third-order valence-electron chi connectivity index (χ3n) is 3.52. The molecule has 4 heteroatoms. The van der Waals surface area contributed by atoms with Gasteiger partial charge in [-0.1, -0.05) is 12.8 Å². The molecule has 1 aliphatic heterocycles. The second kappa shape index (κ2) is 5.36. The monoisotopic (exact) mass is 241 g/mol. The molecule has 2 fully saturated rings. The van der Waals surface area contributed by atoms with Crippen molar-refractivity contribution < 1.29 is 14.3 Å². The molecule has 1 saturated carbocycles. The van der Waals surface area contributed by atoms with E-state index in [9.17, 15) is 4.79 Å². The molecule has 3 atom stereocenters. The smallest absolute Gasteiger partial charge is 0.323 e. The topological polar surface area (TPSA) is 61.5 Å². The molecule has 0 bridgehead atoms. The summed E-state index contributed by atoms with van der Waals surface area (Å²) in [6, 6.07) is -0.434. The van der Waals surface area contributed by atoms with E-state index in [0.717, 1.165) is 19.3 Å². The van der Waals surface area contributed by atoms with E-state index in [-0.39, 0.29) is 24.3 Å². The Kier molecular flexibility index (Phi) is 4.05. The van der Waals surface area contributed by atoms with Gasteiger partial charge in [0.2, 0.25) is 0 Å². The molecule has 98 valence electrons. The molecule has 0 radical (unpaired) electrons. The summed E-state index contributed by atoms with van der Waals surface area (Å²) in [4.78, 5) is 11.8. The van der Waals surface area contributed by atoms with Crippen LogP contribution in [0.5, 0.6) is 0 Å². The van der Waals surface area contributed by atoms with Gasteiger partial charge in [0.25, 0.3) is 0 Å². The summed E-state index contributed by atoms with van der Waals surface area (Å²) < 4.78 is 11.1. The van der Waals surface area contributed by atoms with E-state index >= 15 is 0 Å². The minimum absolute atomic E-state index is 0.0218. The van der Waals surface area contributed by atoms with Crippen LogP contribution in [0.4, 0.5) is 0 Å². The molecule has 1 heterocycles. The highest BCUT2D eigenvalue weighted by molar-refractivity contribution is 5.75. The first-order valence-electron chi connectivity index (χ1n) is 6.66. The molecule has 2 rings (SSSR count). The molecule has 0 aromatic heterocycles. The Labute approximate surface area is 103 Å². The average Bonchev–Trinajstić information content (AvgIpc) is 2.99. The van der Waals surface area contributed by atoms with Crippen molar-refractivity contribution in [3.8, 4) is 0 Å². The van der Waals surface area contributed by atoms with Crippen molar-refractivity contribution in [2.45, 2.75) is 70.3 Å². The van der Waals surface area contributed by atoms with E-state index in [1.807, 2.05) is 13.8 Å². The normalized spacial score (nSPS) is 35.4. The fraction of sp³-hybridized carbons (Fsp3) is 0.923. The van der Waals surface area contributed by atoms with Crippen molar-refractivity contribution >= 4 is 5.97 Å². The van der Waals surface area contributed by atoms with Gasteiger partial charge in [-0.2, -0.15) is 0 Å². The van der Waals surface area contributed by atoms with Crippen molar-refractivity contribution in [1.29, 1.82) is 0 Å². The predicted octanol–water partition coefficient (Wildman–Crippen LogP) is 1.61. The molecule has 0 aromatic rings. The molecule has 0 amide bonds. The lowest BCUT2D eigenvalue weighted by Gasteiger charge is -2.32. The zero-order valence-corrected chi connectivity index (χ0v) is 10.7. The Bertz CT molecular complexity index is 268. The Balaban J connectivity index is 1.76. The summed E-state index contributed by atoms with van der Waals surface area (Å²) in [7, 11) is 0. The number of hydrogen-bond acceptors (Lipinski definition) is 4. The van der Waals surface area contributed by atoms with Crippen LogP contribution in [0, 0.1) is 5.92 Å². The van der Waals surface area contributed by atoms with Crippen LogP contribution in [0.3, 0.4) is 0 Å². The zero-order valence-electron chi connectivity index (χ0n) is 10.7. The first-order valence-corrected chi connectivity index (χ1v) is 6.66. The number of carbonyl (C=O) groups excluding carboxylic acids is 1. The molecule has 0 spiro atoms. The van der Waals surface area contributed by atoms with E-state index in [4.69, 9.17) is 15.2 Å². The van der Waals surface area contributed by atoms with Crippen LogP contribution in [0.15, 0.2) is 0 Å². The highest BCUT2D eigenvalue weighted by atomic mass is 16.6. The second-order valence-electron chi connectivity index (χ2n) is 5.57. The number of ether oxygens (including phenoxy) is 2. The quantitative estimate of drug-likeness (QED) is 0.760. The lowest BCUT2D eigenvalue weighted by molar-refractivity contribution is -0.161. The third-order valence-corrected chi connectivity index (χ3v) is 3.52. The molecular weight excluding hydrogens is 218 g/mol. The van der Waals surface area contributed by atoms with Crippen LogP contribution >= 0.6 is 0 Å². The van der Waals surface area contributed by atoms with Gasteiger partial charge < -0.3 is 15.2 Å². The van der Waals surface area contributed by atoms with Gasteiger partial charge in [-0.3, -0.25) is 4.79 Å². The highest BCUT2D eigenvalue weighted by Crippen LogP contribution is 2.33. The molecule has 0 aromatic carbocycles.